The Labute approximate surface area is 110 Å². The summed E-state index contributed by atoms with van der Waals surface area (Å²) < 4.78 is 0. The van der Waals surface area contributed by atoms with Crippen molar-refractivity contribution >= 4 is 0 Å². The van der Waals surface area contributed by atoms with Crippen LogP contribution in [0.3, 0.4) is 0 Å². The molecule has 0 saturated carbocycles. The second kappa shape index (κ2) is 5.39. The number of aromatic amines is 1. The molecule has 3 rings (SSSR count). The molecule has 3 aromatic heterocycles. The van der Waals surface area contributed by atoms with E-state index in [9.17, 15) is 0 Å². The predicted octanol–water partition coefficient (Wildman–Crippen LogP) is 1.78. The molecule has 0 saturated heterocycles. The van der Waals surface area contributed by atoms with E-state index in [0.29, 0.717) is 12.8 Å². The van der Waals surface area contributed by atoms with Crippen LogP contribution in [0.2, 0.25) is 0 Å². The number of aromatic nitrogens is 5. The lowest BCUT2D eigenvalue weighted by Gasteiger charge is -1.95. The SMILES string of the molecule is c1ccc(Cc2n[nH]c(Cc3ccccn3)n2)nc1. The second-order valence-electron chi connectivity index (χ2n) is 4.19. The zero-order valence-corrected chi connectivity index (χ0v) is 10.3. The zero-order chi connectivity index (χ0) is 12.9. The van der Waals surface area contributed by atoms with Gasteiger partial charge in [0.1, 0.15) is 5.82 Å². The summed E-state index contributed by atoms with van der Waals surface area (Å²) in [5.41, 5.74) is 1.94. The van der Waals surface area contributed by atoms with E-state index in [1.807, 2.05) is 36.4 Å². The highest BCUT2D eigenvalue weighted by Crippen LogP contribution is 2.05. The molecule has 0 radical (unpaired) electrons. The maximum Gasteiger partial charge on any atom is 0.156 e. The van der Waals surface area contributed by atoms with Gasteiger partial charge in [-0.05, 0) is 24.3 Å². The van der Waals surface area contributed by atoms with Gasteiger partial charge in [0.25, 0.3) is 0 Å². The van der Waals surface area contributed by atoms with Crippen molar-refractivity contribution in [2.45, 2.75) is 12.8 Å². The van der Waals surface area contributed by atoms with Gasteiger partial charge >= 0.3 is 0 Å². The van der Waals surface area contributed by atoms with Gasteiger partial charge in [-0.2, -0.15) is 5.10 Å². The Bertz CT molecular complexity index is 577. The number of H-pyrrole nitrogens is 1. The summed E-state index contributed by atoms with van der Waals surface area (Å²) >= 11 is 0. The molecule has 94 valence electrons. The van der Waals surface area contributed by atoms with Crippen molar-refractivity contribution in [2.24, 2.45) is 0 Å². The van der Waals surface area contributed by atoms with Gasteiger partial charge in [0.05, 0.1) is 6.42 Å². The van der Waals surface area contributed by atoms with Crippen LogP contribution in [0.5, 0.6) is 0 Å². The predicted molar refractivity (Wildman–Crippen MR) is 70.5 cm³/mol. The maximum atomic E-state index is 4.45. The largest absolute Gasteiger partial charge is 0.263 e. The minimum absolute atomic E-state index is 0.638. The van der Waals surface area contributed by atoms with Crippen LogP contribution in [0, 0.1) is 0 Å². The van der Waals surface area contributed by atoms with Crippen molar-refractivity contribution in [3.05, 3.63) is 71.8 Å². The van der Waals surface area contributed by atoms with Gasteiger partial charge < -0.3 is 0 Å². The third-order valence-electron chi connectivity index (χ3n) is 2.72. The van der Waals surface area contributed by atoms with E-state index in [4.69, 9.17) is 0 Å². The second-order valence-corrected chi connectivity index (χ2v) is 4.19. The quantitative estimate of drug-likeness (QED) is 0.767. The van der Waals surface area contributed by atoms with Crippen LogP contribution >= 0.6 is 0 Å². The number of nitrogens with one attached hydrogen (secondary N) is 1. The Balaban J connectivity index is 1.70. The fourth-order valence-corrected chi connectivity index (χ4v) is 1.83. The highest BCUT2D eigenvalue weighted by Gasteiger charge is 2.06. The van der Waals surface area contributed by atoms with E-state index in [0.717, 1.165) is 23.0 Å². The summed E-state index contributed by atoms with van der Waals surface area (Å²) in [4.78, 5) is 13.0. The molecule has 0 aliphatic carbocycles. The van der Waals surface area contributed by atoms with Crippen molar-refractivity contribution in [3.63, 3.8) is 0 Å². The zero-order valence-electron chi connectivity index (χ0n) is 10.3. The number of nitrogens with zero attached hydrogens (tertiary/aromatic N) is 4. The molecule has 1 N–H and O–H groups in total. The lowest BCUT2D eigenvalue weighted by Crippen LogP contribution is -1.95. The van der Waals surface area contributed by atoms with Gasteiger partial charge in [0.15, 0.2) is 5.82 Å². The minimum Gasteiger partial charge on any atom is -0.263 e. The van der Waals surface area contributed by atoms with Gasteiger partial charge in [-0.25, -0.2) is 4.98 Å². The van der Waals surface area contributed by atoms with E-state index in [-0.39, 0.29) is 0 Å². The van der Waals surface area contributed by atoms with Crippen molar-refractivity contribution in [2.75, 3.05) is 0 Å². The summed E-state index contributed by atoms with van der Waals surface area (Å²) in [6.45, 7) is 0. The van der Waals surface area contributed by atoms with E-state index < -0.39 is 0 Å². The molecule has 0 spiro atoms. The summed E-state index contributed by atoms with van der Waals surface area (Å²) in [6.07, 6.45) is 4.85. The molecule has 3 heterocycles. The van der Waals surface area contributed by atoms with Crippen LogP contribution in [0.4, 0.5) is 0 Å². The van der Waals surface area contributed by atoms with Crippen LogP contribution in [-0.2, 0) is 12.8 Å². The van der Waals surface area contributed by atoms with Crippen LogP contribution in [0.25, 0.3) is 0 Å². The summed E-state index contributed by atoms with van der Waals surface area (Å²) in [7, 11) is 0. The first kappa shape index (κ1) is 11.5. The molecule has 0 bridgehead atoms. The molecule has 5 heteroatoms. The number of pyridine rings is 2. The Kier molecular flexibility index (Phi) is 3.27. The summed E-state index contributed by atoms with van der Waals surface area (Å²) in [5, 5.41) is 7.15. The van der Waals surface area contributed by atoms with Gasteiger partial charge in [-0.1, -0.05) is 12.1 Å². The average Bonchev–Trinajstić information content (AvgIpc) is 2.88. The molecular formula is C14H13N5. The normalized spacial score (nSPS) is 10.5. The molecule has 0 atom stereocenters. The lowest BCUT2D eigenvalue weighted by atomic mass is 10.2. The molecule has 0 aliphatic rings. The van der Waals surface area contributed by atoms with Crippen LogP contribution in [0.15, 0.2) is 48.8 Å². The first-order chi connectivity index (χ1) is 9.40. The van der Waals surface area contributed by atoms with Crippen LogP contribution < -0.4 is 0 Å². The number of hydrogen-bond acceptors (Lipinski definition) is 4. The third-order valence-corrected chi connectivity index (χ3v) is 2.72. The molecule has 5 nitrogen and oxygen atoms in total. The molecule has 3 aromatic rings. The van der Waals surface area contributed by atoms with E-state index >= 15 is 0 Å². The standard InChI is InChI=1S/C14H13N5/c1-3-7-15-11(5-1)9-13-17-14(19-18-13)10-12-6-2-4-8-16-12/h1-8H,9-10H2,(H,17,18,19). The van der Waals surface area contributed by atoms with Crippen molar-refractivity contribution in [1.29, 1.82) is 0 Å². The summed E-state index contributed by atoms with van der Waals surface area (Å²) in [5.74, 6) is 1.58. The molecule has 0 amide bonds. The Morgan fingerprint density at radius 1 is 0.842 bits per heavy atom. The van der Waals surface area contributed by atoms with Crippen molar-refractivity contribution in [3.8, 4) is 0 Å². The molecular weight excluding hydrogens is 238 g/mol. The van der Waals surface area contributed by atoms with E-state index in [1.165, 1.54) is 0 Å². The number of hydrogen-bond donors (Lipinski definition) is 1. The van der Waals surface area contributed by atoms with Gasteiger partial charge in [0.2, 0.25) is 0 Å². The Hall–Kier alpha value is -2.56. The van der Waals surface area contributed by atoms with Crippen molar-refractivity contribution < 1.29 is 0 Å². The topological polar surface area (TPSA) is 67.3 Å². The van der Waals surface area contributed by atoms with Crippen molar-refractivity contribution in [1.82, 2.24) is 25.1 Å². The molecule has 19 heavy (non-hydrogen) atoms. The summed E-state index contributed by atoms with van der Waals surface area (Å²) in [6, 6.07) is 11.7. The minimum atomic E-state index is 0.638. The first-order valence-corrected chi connectivity index (χ1v) is 6.10. The first-order valence-electron chi connectivity index (χ1n) is 6.10. The fraction of sp³-hybridized carbons (Fsp3) is 0.143. The Morgan fingerprint density at radius 2 is 1.53 bits per heavy atom. The Morgan fingerprint density at radius 3 is 2.16 bits per heavy atom. The monoisotopic (exact) mass is 251 g/mol. The highest BCUT2D eigenvalue weighted by molar-refractivity contribution is 5.12. The van der Waals surface area contributed by atoms with E-state index in [2.05, 4.69) is 25.1 Å². The molecule has 0 fully saturated rings. The van der Waals surface area contributed by atoms with Crippen LogP contribution in [0.1, 0.15) is 23.0 Å². The van der Waals surface area contributed by atoms with Crippen LogP contribution in [-0.4, -0.2) is 25.1 Å². The van der Waals surface area contributed by atoms with E-state index in [1.54, 1.807) is 12.4 Å². The lowest BCUT2D eigenvalue weighted by molar-refractivity contribution is 0.933. The number of rotatable bonds is 4. The van der Waals surface area contributed by atoms with Gasteiger partial charge in [-0.15, -0.1) is 0 Å². The molecule has 0 unspecified atom stereocenters. The molecule has 0 aliphatic heterocycles. The fourth-order valence-electron chi connectivity index (χ4n) is 1.83. The smallest absolute Gasteiger partial charge is 0.156 e. The average molecular weight is 251 g/mol. The maximum absolute atomic E-state index is 4.45. The highest BCUT2D eigenvalue weighted by atomic mass is 15.2. The van der Waals surface area contributed by atoms with Gasteiger partial charge in [-0.3, -0.25) is 15.1 Å². The van der Waals surface area contributed by atoms with Gasteiger partial charge in [0, 0.05) is 30.2 Å². The third kappa shape index (κ3) is 3.01. The molecule has 0 aromatic carbocycles.